The average molecular weight is 386 g/mol. The van der Waals surface area contributed by atoms with Crippen molar-refractivity contribution in [2.24, 2.45) is 5.73 Å². The molecule has 1 aromatic carbocycles. The maximum absolute atomic E-state index is 13.2. The van der Waals surface area contributed by atoms with Crippen LogP contribution < -0.4 is 20.9 Å². The minimum atomic E-state index is -0.373. The molecular weight excluding hydrogens is 356 g/mol. The third-order valence-corrected chi connectivity index (χ3v) is 6.17. The van der Waals surface area contributed by atoms with Gasteiger partial charge in [0.2, 0.25) is 5.91 Å². The second kappa shape index (κ2) is 7.81. The number of carbonyl (C=O) groups is 2. The molecule has 28 heavy (non-hydrogen) atoms. The molecule has 2 saturated heterocycles. The molecule has 2 amide bonds. The van der Waals surface area contributed by atoms with E-state index in [4.69, 9.17) is 10.5 Å². The standard InChI is InChI=1S/C21H30N4O3/c1-13-12-24(21(27)19-4-3-9-28-19)18-10-15(16-6-8-20(22)23-11-16)5-7-17(18)25(13)14(2)26/h5,7,10,13,16,19-20,23H,3-4,6,8-9,11-12,22H2,1-2H3/t13-,16?,19?,20?/m0/s1. The van der Waals surface area contributed by atoms with Gasteiger partial charge in [0.25, 0.3) is 5.91 Å². The van der Waals surface area contributed by atoms with Crippen molar-refractivity contribution in [1.82, 2.24) is 5.32 Å². The summed E-state index contributed by atoms with van der Waals surface area (Å²) in [5.74, 6) is 0.362. The summed E-state index contributed by atoms with van der Waals surface area (Å²) in [4.78, 5) is 29.1. The number of piperidine rings is 1. The zero-order chi connectivity index (χ0) is 19.8. The number of nitrogens with zero attached hydrogens (tertiary/aromatic N) is 2. The molecule has 7 heteroatoms. The first-order chi connectivity index (χ1) is 13.5. The van der Waals surface area contributed by atoms with Crippen LogP contribution in [0.25, 0.3) is 0 Å². The third-order valence-electron chi connectivity index (χ3n) is 6.17. The molecule has 0 saturated carbocycles. The van der Waals surface area contributed by atoms with Gasteiger partial charge >= 0.3 is 0 Å². The monoisotopic (exact) mass is 386 g/mol. The van der Waals surface area contributed by atoms with Crippen LogP contribution in [-0.4, -0.2) is 49.8 Å². The first kappa shape index (κ1) is 19.4. The van der Waals surface area contributed by atoms with Gasteiger partial charge in [0.1, 0.15) is 6.10 Å². The van der Waals surface area contributed by atoms with Crippen molar-refractivity contribution in [2.75, 3.05) is 29.5 Å². The van der Waals surface area contributed by atoms with E-state index in [9.17, 15) is 9.59 Å². The molecule has 2 fully saturated rings. The summed E-state index contributed by atoms with van der Waals surface area (Å²) in [5, 5.41) is 3.34. The van der Waals surface area contributed by atoms with Crippen molar-refractivity contribution in [3.8, 4) is 0 Å². The van der Waals surface area contributed by atoms with E-state index in [1.165, 1.54) is 5.56 Å². The number of hydrogen-bond acceptors (Lipinski definition) is 5. The van der Waals surface area contributed by atoms with E-state index in [2.05, 4.69) is 17.4 Å². The molecule has 152 valence electrons. The fourth-order valence-electron chi connectivity index (χ4n) is 4.69. The van der Waals surface area contributed by atoms with Crippen LogP contribution in [0.5, 0.6) is 0 Å². The van der Waals surface area contributed by atoms with Crippen molar-refractivity contribution in [3.63, 3.8) is 0 Å². The van der Waals surface area contributed by atoms with Crippen molar-refractivity contribution in [2.45, 2.75) is 63.8 Å². The molecule has 3 heterocycles. The van der Waals surface area contributed by atoms with E-state index < -0.39 is 0 Å². The molecule has 0 aromatic heterocycles. The highest BCUT2D eigenvalue weighted by atomic mass is 16.5. The molecule has 7 nitrogen and oxygen atoms in total. The molecular formula is C21H30N4O3. The van der Waals surface area contributed by atoms with Gasteiger partial charge in [-0.3, -0.25) is 9.59 Å². The minimum Gasteiger partial charge on any atom is -0.368 e. The summed E-state index contributed by atoms with van der Waals surface area (Å²) in [6.07, 6.45) is 3.30. The van der Waals surface area contributed by atoms with Crippen LogP contribution in [0.1, 0.15) is 51.0 Å². The number of amides is 2. The van der Waals surface area contributed by atoms with Crippen LogP contribution in [0.15, 0.2) is 18.2 Å². The number of nitrogens with two attached hydrogens (primary N) is 1. The largest absolute Gasteiger partial charge is 0.368 e. The van der Waals surface area contributed by atoms with Crippen LogP contribution in [0.3, 0.4) is 0 Å². The lowest BCUT2D eigenvalue weighted by molar-refractivity contribution is -0.127. The quantitative estimate of drug-likeness (QED) is 0.808. The maximum Gasteiger partial charge on any atom is 0.256 e. The zero-order valence-corrected chi connectivity index (χ0v) is 16.7. The maximum atomic E-state index is 13.2. The fraction of sp³-hybridized carbons (Fsp3) is 0.619. The number of anilines is 2. The van der Waals surface area contributed by atoms with E-state index >= 15 is 0 Å². The minimum absolute atomic E-state index is 0.00368. The van der Waals surface area contributed by atoms with Crippen molar-refractivity contribution < 1.29 is 14.3 Å². The molecule has 3 unspecified atom stereocenters. The molecule has 0 aliphatic carbocycles. The van der Waals surface area contributed by atoms with Crippen LogP contribution >= 0.6 is 0 Å². The van der Waals surface area contributed by atoms with E-state index in [0.717, 1.165) is 43.6 Å². The molecule has 0 radical (unpaired) electrons. The highest BCUT2D eigenvalue weighted by Gasteiger charge is 2.37. The Kier molecular flexibility index (Phi) is 5.40. The number of nitrogens with one attached hydrogen (secondary N) is 1. The van der Waals surface area contributed by atoms with Gasteiger partial charge < -0.3 is 25.6 Å². The highest BCUT2D eigenvalue weighted by Crippen LogP contribution is 2.39. The summed E-state index contributed by atoms with van der Waals surface area (Å²) in [6.45, 7) is 5.52. The Bertz CT molecular complexity index is 754. The van der Waals surface area contributed by atoms with Crippen LogP contribution in [0, 0.1) is 0 Å². The summed E-state index contributed by atoms with van der Waals surface area (Å²) < 4.78 is 5.66. The van der Waals surface area contributed by atoms with E-state index in [1.807, 2.05) is 17.9 Å². The fourth-order valence-corrected chi connectivity index (χ4v) is 4.69. The first-order valence-corrected chi connectivity index (χ1v) is 10.3. The van der Waals surface area contributed by atoms with Crippen molar-refractivity contribution in [1.29, 1.82) is 0 Å². The molecule has 0 bridgehead atoms. The van der Waals surface area contributed by atoms with Gasteiger partial charge in [-0.05, 0) is 56.2 Å². The van der Waals surface area contributed by atoms with Gasteiger partial charge in [-0.25, -0.2) is 0 Å². The lowest BCUT2D eigenvalue weighted by Gasteiger charge is -2.42. The Balaban J connectivity index is 1.70. The number of benzene rings is 1. The normalized spacial score (nSPS) is 30.2. The highest BCUT2D eigenvalue weighted by molar-refractivity contribution is 6.05. The van der Waals surface area contributed by atoms with Gasteiger partial charge in [0.05, 0.1) is 23.6 Å². The summed E-state index contributed by atoms with van der Waals surface area (Å²) >= 11 is 0. The Hall–Kier alpha value is -1.96. The predicted molar refractivity (Wildman–Crippen MR) is 108 cm³/mol. The van der Waals surface area contributed by atoms with Crippen molar-refractivity contribution >= 4 is 23.2 Å². The predicted octanol–water partition coefficient (Wildman–Crippen LogP) is 1.71. The molecule has 1 aromatic rings. The number of rotatable bonds is 2. The summed E-state index contributed by atoms with van der Waals surface area (Å²) in [5.41, 5.74) is 8.77. The Labute approximate surface area is 166 Å². The average Bonchev–Trinajstić information content (AvgIpc) is 3.21. The summed E-state index contributed by atoms with van der Waals surface area (Å²) in [7, 11) is 0. The van der Waals surface area contributed by atoms with E-state index in [0.29, 0.717) is 19.1 Å². The topological polar surface area (TPSA) is 87.9 Å². The number of hydrogen-bond donors (Lipinski definition) is 2. The second-order valence-electron chi connectivity index (χ2n) is 8.23. The second-order valence-corrected chi connectivity index (χ2v) is 8.23. The van der Waals surface area contributed by atoms with Crippen LogP contribution in [-0.2, 0) is 14.3 Å². The van der Waals surface area contributed by atoms with Crippen LogP contribution in [0.2, 0.25) is 0 Å². The van der Waals surface area contributed by atoms with Gasteiger partial charge in [0.15, 0.2) is 0 Å². The number of fused-ring (bicyclic) bond motifs is 1. The Morgan fingerprint density at radius 3 is 2.68 bits per heavy atom. The first-order valence-electron chi connectivity index (χ1n) is 10.3. The lowest BCUT2D eigenvalue weighted by atomic mass is 9.89. The lowest BCUT2D eigenvalue weighted by Crippen LogP contribution is -2.53. The Morgan fingerprint density at radius 2 is 2.04 bits per heavy atom. The molecule has 4 rings (SSSR count). The summed E-state index contributed by atoms with van der Waals surface area (Å²) in [6, 6.07) is 6.10. The van der Waals surface area contributed by atoms with Gasteiger partial charge in [-0.2, -0.15) is 0 Å². The Morgan fingerprint density at radius 1 is 1.21 bits per heavy atom. The zero-order valence-electron chi connectivity index (χ0n) is 16.7. The van der Waals surface area contributed by atoms with Crippen molar-refractivity contribution in [3.05, 3.63) is 23.8 Å². The smallest absolute Gasteiger partial charge is 0.256 e. The molecule has 4 atom stereocenters. The molecule has 3 aliphatic heterocycles. The third kappa shape index (κ3) is 3.54. The van der Waals surface area contributed by atoms with Gasteiger partial charge in [-0.15, -0.1) is 0 Å². The molecule has 3 N–H and O–H groups in total. The molecule has 3 aliphatic rings. The number of ether oxygens (including phenoxy) is 1. The number of carbonyl (C=O) groups excluding carboxylic acids is 2. The SMILES string of the molecule is CC(=O)N1c2ccc(C3CCC(N)NC3)cc2N(C(=O)C2CCCO2)C[C@@H]1C. The van der Waals surface area contributed by atoms with E-state index in [1.54, 1.807) is 11.8 Å². The van der Waals surface area contributed by atoms with Gasteiger partial charge in [0, 0.05) is 26.6 Å². The van der Waals surface area contributed by atoms with Gasteiger partial charge in [-0.1, -0.05) is 6.07 Å². The van der Waals surface area contributed by atoms with Crippen LogP contribution in [0.4, 0.5) is 11.4 Å². The van der Waals surface area contributed by atoms with E-state index in [-0.39, 0.29) is 30.1 Å². The molecule has 0 spiro atoms.